The SMILES string of the molecule is Brc1c2ccccc2c(N(c2ccccc2)c2ccccn2)c2ccccc12.C.OB(O)c1cccc2ccccc12.c1ccc(N(c2ccccn2)c2c3ccccc3c(-c3cccc4ccccc34)c3ccccc23)cc1. The van der Waals surface area contributed by atoms with E-state index in [-0.39, 0.29) is 7.43 Å². The number of hydrogen-bond donors (Lipinski definition) is 2. The number of benzene rings is 12. The van der Waals surface area contributed by atoms with Crippen molar-refractivity contribution in [1.82, 2.24) is 9.97 Å². The molecule has 0 aliphatic rings. The van der Waals surface area contributed by atoms with E-state index < -0.39 is 7.12 Å². The van der Waals surface area contributed by atoms with Crippen molar-refractivity contribution in [2.45, 2.75) is 7.43 Å². The Balaban J connectivity index is 0.000000138. The number of halogens is 1. The van der Waals surface area contributed by atoms with Gasteiger partial charge in [-0.1, -0.05) is 238 Å². The van der Waals surface area contributed by atoms with E-state index in [9.17, 15) is 0 Å². The van der Waals surface area contributed by atoms with Crippen LogP contribution < -0.4 is 15.3 Å². The summed E-state index contributed by atoms with van der Waals surface area (Å²) in [5, 5.41) is 32.2. The molecule has 12 aromatic carbocycles. The van der Waals surface area contributed by atoms with Gasteiger partial charge in [-0.25, -0.2) is 9.97 Å². The minimum absolute atomic E-state index is 0. The van der Waals surface area contributed by atoms with Gasteiger partial charge in [-0.3, -0.25) is 9.80 Å². The second-order valence-electron chi connectivity index (χ2n) is 18.8. The van der Waals surface area contributed by atoms with Crippen LogP contribution in [0.3, 0.4) is 0 Å². The van der Waals surface area contributed by atoms with Gasteiger partial charge in [0.05, 0.1) is 11.4 Å². The predicted octanol–water partition coefficient (Wildman–Crippen LogP) is 18.5. The zero-order valence-electron chi connectivity index (χ0n) is 42.4. The molecule has 2 aromatic heterocycles. The first-order chi connectivity index (χ1) is 38.5. The standard InChI is InChI=1S/C35H24N2.C25H17BrN2.C10H9BO2.CH4/c1-2-15-26(16-3-1)37(33-23-10-11-24-36-33)35-31-20-8-6-18-29(31)34(30-19-7-9-21-32(30)35)28-22-12-14-25-13-4-5-17-27(25)28;26-24-19-12-4-6-14-21(19)25(22-15-7-5-13-20(22)24)28(18-10-2-1-3-11-18)23-16-8-9-17-27-23;12-11(13)10-7-3-5-8-4-1-2-6-9(8)10;/h1-24H;1-17H;1-7,12-13H;1H4. The third-order valence-corrected chi connectivity index (χ3v) is 15.0. The quantitative estimate of drug-likeness (QED) is 0.117. The monoisotopic (exact) mass is 1080 g/mol. The second-order valence-corrected chi connectivity index (χ2v) is 19.5. The fraction of sp³-hybridized carbons (Fsp3) is 0.0141. The van der Waals surface area contributed by atoms with E-state index in [0.717, 1.165) is 49.6 Å². The van der Waals surface area contributed by atoms with Crippen LogP contribution in [0.15, 0.2) is 296 Å². The lowest BCUT2D eigenvalue weighted by molar-refractivity contribution is 0.426. The molecule has 14 rings (SSSR count). The van der Waals surface area contributed by atoms with E-state index in [0.29, 0.717) is 5.46 Å². The van der Waals surface area contributed by atoms with Crippen LogP contribution in [0.25, 0.3) is 75.8 Å². The molecule has 0 fully saturated rings. The number of anilines is 6. The van der Waals surface area contributed by atoms with Crippen molar-refractivity contribution < 1.29 is 10.0 Å². The Kier molecular flexibility index (Phi) is 15.3. The molecule has 0 atom stereocenters. The minimum atomic E-state index is -1.40. The fourth-order valence-corrected chi connectivity index (χ4v) is 11.4. The van der Waals surface area contributed by atoms with Gasteiger partial charge in [-0.05, 0) is 124 Å². The molecular formula is C71H54BBrN4O2. The van der Waals surface area contributed by atoms with Crippen molar-refractivity contribution in [3.05, 3.63) is 296 Å². The van der Waals surface area contributed by atoms with E-state index in [1.807, 2.05) is 79.1 Å². The summed E-state index contributed by atoms with van der Waals surface area (Å²) < 4.78 is 1.12. The molecule has 0 amide bonds. The summed E-state index contributed by atoms with van der Waals surface area (Å²) in [5.41, 5.74) is 7.51. The molecule has 6 nitrogen and oxygen atoms in total. The van der Waals surface area contributed by atoms with Crippen LogP contribution in [0.5, 0.6) is 0 Å². The lowest BCUT2D eigenvalue weighted by Gasteiger charge is -2.28. The molecule has 2 N–H and O–H groups in total. The van der Waals surface area contributed by atoms with Gasteiger partial charge < -0.3 is 10.0 Å². The highest BCUT2D eigenvalue weighted by Gasteiger charge is 2.24. The smallest absolute Gasteiger partial charge is 0.423 e. The zero-order chi connectivity index (χ0) is 52.8. The zero-order valence-corrected chi connectivity index (χ0v) is 43.9. The number of hydrogen-bond acceptors (Lipinski definition) is 6. The van der Waals surface area contributed by atoms with Crippen LogP contribution >= 0.6 is 15.9 Å². The first kappa shape index (κ1) is 51.7. The Hall–Kier alpha value is -9.44. The molecule has 0 unspecified atom stereocenters. The van der Waals surface area contributed by atoms with Gasteiger partial charge in [0.15, 0.2) is 0 Å². The van der Waals surface area contributed by atoms with Crippen LogP contribution in [0.1, 0.15) is 7.43 Å². The van der Waals surface area contributed by atoms with Crippen molar-refractivity contribution in [3.8, 4) is 11.1 Å². The first-order valence-corrected chi connectivity index (χ1v) is 26.7. The van der Waals surface area contributed by atoms with E-state index >= 15 is 0 Å². The second kappa shape index (κ2) is 23.4. The summed E-state index contributed by atoms with van der Waals surface area (Å²) in [5.74, 6) is 1.79. The first-order valence-electron chi connectivity index (χ1n) is 25.9. The maximum atomic E-state index is 9.08. The maximum Gasteiger partial charge on any atom is 0.489 e. The summed E-state index contributed by atoms with van der Waals surface area (Å²) >= 11 is 3.84. The molecule has 8 heteroatoms. The van der Waals surface area contributed by atoms with Crippen molar-refractivity contribution in [2.24, 2.45) is 0 Å². The molecule has 0 bridgehead atoms. The number of para-hydroxylation sites is 2. The minimum Gasteiger partial charge on any atom is -0.423 e. The molecule has 380 valence electrons. The molecule has 14 aromatic rings. The molecule has 0 spiro atoms. The lowest BCUT2D eigenvalue weighted by Crippen LogP contribution is -2.30. The fourth-order valence-electron chi connectivity index (χ4n) is 10.7. The van der Waals surface area contributed by atoms with Crippen molar-refractivity contribution in [3.63, 3.8) is 0 Å². The molecule has 0 aliphatic heterocycles. The Morgan fingerprint density at radius 2 is 0.658 bits per heavy atom. The highest BCUT2D eigenvalue weighted by Crippen LogP contribution is 2.49. The van der Waals surface area contributed by atoms with E-state index in [1.54, 1.807) is 6.07 Å². The van der Waals surface area contributed by atoms with Crippen LogP contribution in [-0.2, 0) is 0 Å². The van der Waals surface area contributed by atoms with Crippen LogP contribution in [0, 0.1) is 0 Å². The summed E-state index contributed by atoms with van der Waals surface area (Å²) in [6.45, 7) is 0. The third kappa shape index (κ3) is 10.2. The van der Waals surface area contributed by atoms with E-state index in [1.165, 1.54) is 65.0 Å². The van der Waals surface area contributed by atoms with Crippen molar-refractivity contribution >= 4 is 128 Å². The van der Waals surface area contributed by atoms with Gasteiger partial charge in [0, 0.05) is 49.8 Å². The summed E-state index contributed by atoms with van der Waals surface area (Å²) in [6.07, 6.45) is 3.70. The van der Waals surface area contributed by atoms with Gasteiger partial charge in [0.2, 0.25) is 0 Å². The van der Waals surface area contributed by atoms with Gasteiger partial charge in [-0.2, -0.15) is 0 Å². The highest BCUT2D eigenvalue weighted by molar-refractivity contribution is 9.10. The van der Waals surface area contributed by atoms with Crippen LogP contribution in [0.2, 0.25) is 0 Å². The average molecular weight is 1090 g/mol. The Morgan fingerprint density at radius 1 is 0.316 bits per heavy atom. The third-order valence-electron chi connectivity index (χ3n) is 14.1. The maximum absolute atomic E-state index is 9.08. The molecule has 0 aliphatic carbocycles. The Bertz CT molecular complexity index is 4190. The molecule has 0 saturated carbocycles. The predicted molar refractivity (Wildman–Crippen MR) is 339 cm³/mol. The molecule has 79 heavy (non-hydrogen) atoms. The summed E-state index contributed by atoms with van der Waals surface area (Å²) in [6, 6.07) is 96.0. The lowest BCUT2D eigenvalue weighted by atomic mass is 9.77. The summed E-state index contributed by atoms with van der Waals surface area (Å²) in [4.78, 5) is 14.0. The van der Waals surface area contributed by atoms with Crippen LogP contribution in [0.4, 0.5) is 34.4 Å². The largest absolute Gasteiger partial charge is 0.489 e. The number of aromatic nitrogens is 2. The Labute approximate surface area is 469 Å². The van der Waals surface area contributed by atoms with Gasteiger partial charge in [-0.15, -0.1) is 0 Å². The average Bonchev–Trinajstić information content (AvgIpc) is 3.61. The van der Waals surface area contributed by atoms with Gasteiger partial charge in [0.25, 0.3) is 0 Å². The highest BCUT2D eigenvalue weighted by atomic mass is 79.9. The normalized spacial score (nSPS) is 10.9. The van der Waals surface area contributed by atoms with E-state index in [4.69, 9.17) is 15.0 Å². The topological polar surface area (TPSA) is 72.7 Å². The molecule has 0 radical (unpaired) electrons. The van der Waals surface area contributed by atoms with E-state index in [2.05, 4.69) is 237 Å². The number of nitrogens with zero attached hydrogens (tertiary/aromatic N) is 4. The molecule has 0 saturated heterocycles. The van der Waals surface area contributed by atoms with Gasteiger partial charge >= 0.3 is 7.12 Å². The number of pyridine rings is 2. The van der Waals surface area contributed by atoms with Crippen molar-refractivity contribution in [2.75, 3.05) is 9.80 Å². The Morgan fingerprint density at radius 3 is 1.10 bits per heavy atom. The number of rotatable bonds is 8. The molecule has 2 heterocycles. The number of fused-ring (bicyclic) bond motifs is 6. The van der Waals surface area contributed by atoms with Crippen LogP contribution in [-0.4, -0.2) is 27.1 Å². The van der Waals surface area contributed by atoms with Gasteiger partial charge in [0.1, 0.15) is 11.6 Å². The summed E-state index contributed by atoms with van der Waals surface area (Å²) in [7, 11) is -1.40. The molecular weight excluding hydrogens is 1030 g/mol. The van der Waals surface area contributed by atoms with Crippen molar-refractivity contribution in [1.29, 1.82) is 0 Å².